The molecule has 0 aromatic carbocycles. The highest BCUT2D eigenvalue weighted by molar-refractivity contribution is 6.28. The van der Waals surface area contributed by atoms with Crippen molar-refractivity contribution in [2.24, 2.45) is 0 Å². The molecule has 0 bridgehead atoms. The number of hydrogen-bond donors (Lipinski definition) is 2. The van der Waals surface area contributed by atoms with E-state index in [9.17, 15) is 0 Å². The molecule has 6 heteroatoms. The van der Waals surface area contributed by atoms with Gasteiger partial charge < -0.3 is 11.1 Å². The first-order valence-electron chi connectivity index (χ1n) is 5.54. The lowest BCUT2D eigenvalue weighted by molar-refractivity contribution is 0.863. The normalized spacial score (nSPS) is 12.2. The Morgan fingerprint density at radius 3 is 2.83 bits per heavy atom. The number of nitrogens with two attached hydrogens (primary N) is 1. The van der Waals surface area contributed by atoms with Crippen LogP contribution in [0.2, 0.25) is 5.28 Å². The molecule has 5 nitrogen and oxygen atoms in total. The monoisotopic (exact) mass is 263 g/mol. The summed E-state index contributed by atoms with van der Waals surface area (Å²) in [4.78, 5) is 12.2. The van der Waals surface area contributed by atoms with Crippen LogP contribution in [-0.2, 0) is 0 Å². The van der Waals surface area contributed by atoms with E-state index < -0.39 is 0 Å². The van der Waals surface area contributed by atoms with Gasteiger partial charge in [-0.25, -0.2) is 4.98 Å². The second kappa shape index (κ2) is 5.18. The number of rotatable bonds is 3. The van der Waals surface area contributed by atoms with Gasteiger partial charge in [0.25, 0.3) is 0 Å². The summed E-state index contributed by atoms with van der Waals surface area (Å²) in [5, 5.41) is 3.39. The average Bonchev–Trinajstić information content (AvgIpc) is 2.36. The molecular weight excluding hydrogens is 250 g/mol. The molecule has 1 atom stereocenters. The van der Waals surface area contributed by atoms with E-state index in [1.165, 1.54) is 0 Å². The smallest absolute Gasteiger partial charge is 0.224 e. The van der Waals surface area contributed by atoms with Gasteiger partial charge in [0, 0.05) is 12.4 Å². The predicted molar refractivity (Wildman–Crippen MR) is 72.5 cm³/mol. The molecule has 0 fully saturated rings. The zero-order valence-electron chi connectivity index (χ0n) is 10.2. The van der Waals surface area contributed by atoms with Crippen LogP contribution in [0.1, 0.15) is 24.2 Å². The van der Waals surface area contributed by atoms with Gasteiger partial charge in [0.1, 0.15) is 0 Å². The maximum Gasteiger partial charge on any atom is 0.224 e. The first kappa shape index (κ1) is 12.6. The van der Waals surface area contributed by atoms with Crippen LogP contribution in [0.4, 0.5) is 11.5 Å². The fourth-order valence-corrected chi connectivity index (χ4v) is 1.79. The molecule has 3 N–H and O–H groups in total. The van der Waals surface area contributed by atoms with Gasteiger partial charge in [-0.1, -0.05) is 6.07 Å². The first-order valence-corrected chi connectivity index (χ1v) is 5.92. The Hall–Kier alpha value is -1.88. The number of anilines is 2. The summed E-state index contributed by atoms with van der Waals surface area (Å²) in [6, 6.07) is 3.90. The highest BCUT2D eigenvalue weighted by atomic mass is 35.5. The molecule has 94 valence electrons. The molecule has 1 unspecified atom stereocenters. The molecule has 0 amide bonds. The largest absolute Gasteiger partial charge is 0.394 e. The minimum absolute atomic E-state index is 0.0337. The van der Waals surface area contributed by atoms with Crippen LogP contribution in [0.25, 0.3) is 0 Å². The van der Waals surface area contributed by atoms with Crippen LogP contribution in [0.15, 0.2) is 24.5 Å². The van der Waals surface area contributed by atoms with Crippen molar-refractivity contribution in [3.63, 3.8) is 0 Å². The summed E-state index contributed by atoms with van der Waals surface area (Å²) in [6.45, 7) is 3.80. The van der Waals surface area contributed by atoms with Crippen LogP contribution in [-0.4, -0.2) is 15.0 Å². The Morgan fingerprint density at radius 2 is 2.17 bits per heavy atom. The van der Waals surface area contributed by atoms with Gasteiger partial charge in [0.15, 0.2) is 5.82 Å². The van der Waals surface area contributed by atoms with Crippen LogP contribution >= 0.6 is 11.6 Å². The molecule has 18 heavy (non-hydrogen) atoms. The lowest BCUT2D eigenvalue weighted by Gasteiger charge is -2.16. The van der Waals surface area contributed by atoms with E-state index in [0.29, 0.717) is 17.2 Å². The summed E-state index contributed by atoms with van der Waals surface area (Å²) in [5.41, 5.74) is 8.13. The van der Waals surface area contributed by atoms with Gasteiger partial charge in [-0.15, -0.1) is 0 Å². The van der Waals surface area contributed by atoms with Crippen molar-refractivity contribution in [3.8, 4) is 0 Å². The van der Waals surface area contributed by atoms with Crippen LogP contribution in [0.3, 0.4) is 0 Å². The quantitative estimate of drug-likeness (QED) is 0.833. The number of aryl methyl sites for hydroxylation is 1. The molecule has 0 radical (unpaired) electrons. The topological polar surface area (TPSA) is 76.7 Å². The second-order valence-corrected chi connectivity index (χ2v) is 4.33. The average molecular weight is 264 g/mol. The van der Waals surface area contributed by atoms with Crippen LogP contribution in [0, 0.1) is 6.92 Å². The van der Waals surface area contributed by atoms with Gasteiger partial charge in [-0.05, 0) is 37.1 Å². The summed E-state index contributed by atoms with van der Waals surface area (Å²) in [7, 11) is 0. The van der Waals surface area contributed by atoms with E-state index >= 15 is 0 Å². The van der Waals surface area contributed by atoms with E-state index in [0.717, 1.165) is 5.56 Å². The molecule has 2 aromatic rings. The Morgan fingerprint density at radius 1 is 1.39 bits per heavy atom. The van der Waals surface area contributed by atoms with Crippen LogP contribution < -0.4 is 11.1 Å². The van der Waals surface area contributed by atoms with Crippen molar-refractivity contribution in [1.82, 2.24) is 15.0 Å². The molecule has 0 aliphatic carbocycles. The fraction of sp³-hybridized carbons (Fsp3) is 0.250. The standard InChI is InChI=1S/C12H14ClN5/c1-7(9-4-3-5-15-6-9)16-11-10(14)8(2)17-12(13)18-11/h3-7H,14H2,1-2H3,(H,16,17,18). The highest BCUT2D eigenvalue weighted by Gasteiger charge is 2.11. The SMILES string of the molecule is Cc1nc(Cl)nc(NC(C)c2cccnc2)c1N. The predicted octanol–water partition coefficient (Wildman–Crippen LogP) is 2.59. The fourth-order valence-electron chi connectivity index (χ4n) is 1.58. The van der Waals surface area contributed by atoms with E-state index in [-0.39, 0.29) is 11.3 Å². The summed E-state index contributed by atoms with van der Waals surface area (Å²) >= 11 is 5.82. The third-order valence-corrected chi connectivity index (χ3v) is 2.82. The number of aromatic nitrogens is 3. The Kier molecular flexibility index (Phi) is 3.62. The summed E-state index contributed by atoms with van der Waals surface area (Å²) in [5.74, 6) is 0.545. The lowest BCUT2D eigenvalue weighted by atomic mass is 10.1. The summed E-state index contributed by atoms with van der Waals surface area (Å²) < 4.78 is 0. The molecule has 0 aliphatic heterocycles. The van der Waals surface area contributed by atoms with Gasteiger partial charge in [0.2, 0.25) is 5.28 Å². The van der Waals surface area contributed by atoms with Crippen molar-refractivity contribution in [3.05, 3.63) is 41.1 Å². The van der Waals surface area contributed by atoms with Gasteiger partial charge in [-0.2, -0.15) is 4.98 Å². The second-order valence-electron chi connectivity index (χ2n) is 3.99. The number of nitrogen functional groups attached to an aromatic ring is 1. The van der Waals surface area contributed by atoms with E-state index in [2.05, 4.69) is 20.3 Å². The number of nitrogens with one attached hydrogen (secondary N) is 1. The maximum absolute atomic E-state index is 5.92. The number of halogens is 1. The minimum Gasteiger partial charge on any atom is -0.394 e. The number of hydrogen-bond acceptors (Lipinski definition) is 5. The van der Waals surface area contributed by atoms with Crippen molar-refractivity contribution >= 4 is 23.1 Å². The highest BCUT2D eigenvalue weighted by Crippen LogP contribution is 2.24. The molecular formula is C12H14ClN5. The Labute approximate surface area is 110 Å². The molecule has 2 aromatic heterocycles. The summed E-state index contributed by atoms with van der Waals surface area (Å²) in [6.07, 6.45) is 3.53. The van der Waals surface area contributed by atoms with E-state index in [4.69, 9.17) is 17.3 Å². The molecule has 0 saturated carbocycles. The lowest BCUT2D eigenvalue weighted by Crippen LogP contribution is -2.11. The zero-order valence-corrected chi connectivity index (χ0v) is 10.9. The Balaban J connectivity index is 2.24. The van der Waals surface area contributed by atoms with Crippen molar-refractivity contribution < 1.29 is 0 Å². The van der Waals surface area contributed by atoms with Crippen molar-refractivity contribution in [2.45, 2.75) is 19.9 Å². The van der Waals surface area contributed by atoms with Crippen molar-refractivity contribution in [1.29, 1.82) is 0 Å². The van der Waals surface area contributed by atoms with Crippen LogP contribution in [0.5, 0.6) is 0 Å². The van der Waals surface area contributed by atoms with E-state index in [1.807, 2.05) is 19.1 Å². The zero-order chi connectivity index (χ0) is 13.1. The number of nitrogens with zero attached hydrogens (tertiary/aromatic N) is 3. The minimum atomic E-state index is 0.0337. The molecule has 0 aliphatic rings. The van der Waals surface area contributed by atoms with Gasteiger partial charge >= 0.3 is 0 Å². The molecule has 0 saturated heterocycles. The molecule has 0 spiro atoms. The molecule has 2 heterocycles. The number of pyridine rings is 1. The Bertz CT molecular complexity index is 544. The third kappa shape index (κ3) is 2.68. The molecule has 2 rings (SSSR count). The van der Waals surface area contributed by atoms with Gasteiger partial charge in [-0.3, -0.25) is 4.98 Å². The first-order chi connectivity index (χ1) is 8.58. The van der Waals surface area contributed by atoms with E-state index in [1.54, 1.807) is 19.3 Å². The van der Waals surface area contributed by atoms with Crippen molar-refractivity contribution in [2.75, 3.05) is 11.1 Å². The van der Waals surface area contributed by atoms with Gasteiger partial charge in [0.05, 0.1) is 17.4 Å². The maximum atomic E-state index is 5.92. The third-order valence-electron chi connectivity index (χ3n) is 2.65.